The number of benzene rings is 2. The molecule has 3 aromatic rings. The minimum absolute atomic E-state index is 0.0481. The van der Waals surface area contributed by atoms with Gasteiger partial charge in [-0.15, -0.1) is 10.2 Å². The average molecular weight is 446 g/mol. The summed E-state index contributed by atoms with van der Waals surface area (Å²) < 4.78 is 5.78. The van der Waals surface area contributed by atoms with E-state index in [-0.39, 0.29) is 12.5 Å². The Morgan fingerprint density at radius 3 is 2.52 bits per heavy atom. The van der Waals surface area contributed by atoms with Gasteiger partial charge in [0.2, 0.25) is 0 Å². The first-order valence-corrected chi connectivity index (χ1v) is 11.4. The number of likely N-dealkylation sites (N-methyl/N-ethyl adjacent to an activating group) is 1. The lowest BCUT2D eigenvalue weighted by Gasteiger charge is -2.32. The number of rotatable bonds is 7. The number of carbonyl (C=O) groups excluding carboxylic acids is 1. The van der Waals surface area contributed by atoms with Gasteiger partial charge in [-0.1, -0.05) is 44.2 Å². The maximum absolute atomic E-state index is 12.5. The molecule has 0 radical (unpaired) electrons. The van der Waals surface area contributed by atoms with E-state index in [1.54, 1.807) is 0 Å². The van der Waals surface area contributed by atoms with E-state index < -0.39 is 0 Å². The molecule has 0 atom stereocenters. The smallest absolute Gasteiger partial charge is 0.262 e. The molecule has 1 fully saturated rings. The van der Waals surface area contributed by atoms with E-state index in [0.29, 0.717) is 11.6 Å². The number of ether oxygens (including phenoxy) is 1. The molecule has 7 heteroatoms. The molecule has 7 nitrogen and oxygen atoms in total. The molecule has 0 saturated carbocycles. The molecule has 0 unspecified atom stereocenters. The van der Waals surface area contributed by atoms with Crippen molar-refractivity contribution in [2.24, 2.45) is 0 Å². The standard InChI is InChI=1S/C26H31N5O2/c1-19(2)22-9-4-5-10-24(22)33-18-26(32)27-21-8-6-7-20(17-21)23-11-12-25(29-28-23)31-15-13-30(3)14-16-31/h4-12,17,19H,13-16,18H2,1-3H3,(H,27,32). The van der Waals surface area contributed by atoms with Gasteiger partial charge in [0.1, 0.15) is 5.75 Å². The van der Waals surface area contributed by atoms with E-state index >= 15 is 0 Å². The number of hydrogen-bond acceptors (Lipinski definition) is 6. The van der Waals surface area contributed by atoms with Gasteiger partial charge in [0.05, 0.1) is 5.69 Å². The van der Waals surface area contributed by atoms with Crippen molar-refractivity contribution in [2.75, 3.05) is 50.1 Å². The van der Waals surface area contributed by atoms with Gasteiger partial charge in [-0.3, -0.25) is 4.79 Å². The monoisotopic (exact) mass is 445 g/mol. The number of hydrogen-bond donors (Lipinski definition) is 1. The predicted octanol–water partition coefficient (Wildman–Crippen LogP) is 4.04. The fraction of sp³-hybridized carbons (Fsp3) is 0.346. The first kappa shape index (κ1) is 22.7. The Balaban J connectivity index is 1.37. The van der Waals surface area contributed by atoms with Gasteiger partial charge in [0.25, 0.3) is 5.91 Å². The minimum Gasteiger partial charge on any atom is -0.483 e. The van der Waals surface area contributed by atoms with Gasteiger partial charge in [0, 0.05) is 37.4 Å². The van der Waals surface area contributed by atoms with Crippen LogP contribution in [0.15, 0.2) is 60.7 Å². The van der Waals surface area contributed by atoms with E-state index in [2.05, 4.69) is 46.2 Å². The number of aromatic nitrogens is 2. The maximum Gasteiger partial charge on any atom is 0.262 e. The Bertz CT molecular complexity index is 1080. The zero-order valence-corrected chi connectivity index (χ0v) is 19.5. The predicted molar refractivity (Wildman–Crippen MR) is 132 cm³/mol. The lowest BCUT2D eigenvalue weighted by atomic mass is 10.0. The fourth-order valence-corrected chi connectivity index (χ4v) is 3.87. The normalized spacial score (nSPS) is 14.4. The first-order valence-electron chi connectivity index (χ1n) is 11.4. The Hall–Kier alpha value is -3.45. The van der Waals surface area contributed by atoms with Crippen LogP contribution in [0.4, 0.5) is 11.5 Å². The van der Waals surface area contributed by atoms with Crippen molar-refractivity contribution < 1.29 is 9.53 Å². The summed E-state index contributed by atoms with van der Waals surface area (Å²) in [5, 5.41) is 11.8. The molecule has 2 heterocycles. The highest BCUT2D eigenvalue weighted by atomic mass is 16.5. The molecule has 1 N–H and O–H groups in total. The second kappa shape index (κ2) is 10.4. The van der Waals surface area contributed by atoms with Crippen LogP contribution in [0, 0.1) is 0 Å². The molecule has 1 amide bonds. The number of anilines is 2. The number of nitrogens with zero attached hydrogens (tertiary/aromatic N) is 4. The average Bonchev–Trinajstić information content (AvgIpc) is 2.84. The summed E-state index contributed by atoms with van der Waals surface area (Å²) >= 11 is 0. The SMILES string of the molecule is CC(C)c1ccccc1OCC(=O)Nc1cccc(-c2ccc(N3CCN(C)CC3)nn2)c1. The second-order valence-electron chi connectivity index (χ2n) is 8.68. The molecule has 1 aliphatic heterocycles. The molecule has 1 aliphatic rings. The molecular formula is C26H31N5O2. The summed E-state index contributed by atoms with van der Waals surface area (Å²) in [6, 6.07) is 19.4. The van der Waals surface area contributed by atoms with Crippen LogP contribution < -0.4 is 15.0 Å². The Morgan fingerprint density at radius 2 is 1.79 bits per heavy atom. The van der Waals surface area contributed by atoms with Crippen LogP contribution in [-0.4, -0.2) is 60.8 Å². The highest BCUT2D eigenvalue weighted by molar-refractivity contribution is 5.92. The van der Waals surface area contributed by atoms with Gasteiger partial charge in [-0.05, 0) is 48.9 Å². The quantitative estimate of drug-likeness (QED) is 0.592. The lowest BCUT2D eigenvalue weighted by molar-refractivity contribution is -0.118. The van der Waals surface area contributed by atoms with Gasteiger partial charge in [0.15, 0.2) is 12.4 Å². The van der Waals surface area contributed by atoms with E-state index in [0.717, 1.165) is 54.6 Å². The first-order chi connectivity index (χ1) is 16.0. The molecule has 0 spiro atoms. The topological polar surface area (TPSA) is 70.6 Å². The van der Waals surface area contributed by atoms with E-state index in [1.807, 2.05) is 60.7 Å². The zero-order valence-electron chi connectivity index (χ0n) is 19.5. The second-order valence-corrected chi connectivity index (χ2v) is 8.68. The van der Waals surface area contributed by atoms with Gasteiger partial charge in [-0.2, -0.15) is 0 Å². The van der Waals surface area contributed by atoms with E-state index in [9.17, 15) is 4.79 Å². The summed E-state index contributed by atoms with van der Waals surface area (Å²) in [6.07, 6.45) is 0. The van der Waals surface area contributed by atoms with Crippen LogP contribution in [0.25, 0.3) is 11.3 Å². The fourth-order valence-electron chi connectivity index (χ4n) is 3.87. The summed E-state index contributed by atoms with van der Waals surface area (Å²) in [6.45, 7) is 8.12. The summed E-state index contributed by atoms with van der Waals surface area (Å²) in [7, 11) is 2.13. The molecule has 33 heavy (non-hydrogen) atoms. The van der Waals surface area contributed by atoms with Crippen LogP contribution in [0.1, 0.15) is 25.3 Å². The highest BCUT2D eigenvalue weighted by Gasteiger charge is 2.16. The third-order valence-corrected chi connectivity index (χ3v) is 5.82. The molecular weight excluding hydrogens is 414 g/mol. The van der Waals surface area contributed by atoms with Crippen LogP contribution in [-0.2, 0) is 4.79 Å². The Labute approximate surface area is 195 Å². The molecule has 1 saturated heterocycles. The Kier molecular flexibility index (Phi) is 7.19. The zero-order chi connectivity index (χ0) is 23.2. The largest absolute Gasteiger partial charge is 0.483 e. The van der Waals surface area contributed by atoms with Crippen LogP contribution >= 0.6 is 0 Å². The van der Waals surface area contributed by atoms with Crippen LogP contribution in [0.5, 0.6) is 5.75 Å². The summed E-state index contributed by atoms with van der Waals surface area (Å²) in [5.74, 6) is 1.76. The van der Waals surface area contributed by atoms with Crippen molar-refractivity contribution in [3.8, 4) is 17.0 Å². The van der Waals surface area contributed by atoms with Gasteiger partial charge in [-0.25, -0.2) is 0 Å². The van der Waals surface area contributed by atoms with Crippen LogP contribution in [0.2, 0.25) is 0 Å². The highest BCUT2D eigenvalue weighted by Crippen LogP contribution is 2.26. The van der Waals surface area contributed by atoms with Crippen molar-refractivity contribution in [3.05, 3.63) is 66.2 Å². The molecule has 0 aliphatic carbocycles. The number of piperazine rings is 1. The number of para-hydroxylation sites is 1. The number of carbonyl (C=O) groups is 1. The lowest BCUT2D eigenvalue weighted by Crippen LogP contribution is -2.44. The van der Waals surface area contributed by atoms with Crippen molar-refractivity contribution >= 4 is 17.4 Å². The number of nitrogens with one attached hydrogen (secondary N) is 1. The third kappa shape index (κ3) is 5.87. The third-order valence-electron chi connectivity index (χ3n) is 5.82. The maximum atomic E-state index is 12.5. The molecule has 2 aromatic carbocycles. The molecule has 4 rings (SSSR count). The molecule has 0 bridgehead atoms. The van der Waals surface area contributed by atoms with Crippen molar-refractivity contribution in [1.82, 2.24) is 15.1 Å². The molecule has 1 aromatic heterocycles. The van der Waals surface area contributed by atoms with E-state index in [4.69, 9.17) is 4.74 Å². The van der Waals surface area contributed by atoms with Crippen molar-refractivity contribution in [2.45, 2.75) is 19.8 Å². The van der Waals surface area contributed by atoms with E-state index in [1.165, 1.54) is 0 Å². The van der Waals surface area contributed by atoms with Crippen molar-refractivity contribution in [3.63, 3.8) is 0 Å². The van der Waals surface area contributed by atoms with Gasteiger partial charge < -0.3 is 19.9 Å². The minimum atomic E-state index is -0.206. The summed E-state index contributed by atoms with van der Waals surface area (Å²) in [4.78, 5) is 17.1. The summed E-state index contributed by atoms with van der Waals surface area (Å²) in [5.41, 5.74) is 3.46. The van der Waals surface area contributed by atoms with Gasteiger partial charge >= 0.3 is 0 Å². The Morgan fingerprint density at radius 1 is 1.00 bits per heavy atom. The number of amides is 1. The van der Waals surface area contributed by atoms with Crippen molar-refractivity contribution in [1.29, 1.82) is 0 Å². The van der Waals surface area contributed by atoms with Crippen LogP contribution in [0.3, 0.4) is 0 Å². The molecule has 172 valence electrons.